The van der Waals surface area contributed by atoms with E-state index in [-0.39, 0.29) is 0 Å². The molecule has 0 fully saturated rings. The van der Waals surface area contributed by atoms with Crippen molar-refractivity contribution >= 4 is 22.0 Å². The van der Waals surface area contributed by atoms with E-state index < -0.39 is 0 Å². The third-order valence-electron chi connectivity index (χ3n) is 1.22. The molecule has 0 N–H and O–H groups in total. The van der Waals surface area contributed by atoms with E-state index in [4.69, 9.17) is 0 Å². The number of allylic oxidation sites excluding steroid dienone is 1. The van der Waals surface area contributed by atoms with E-state index in [1.54, 1.807) is 0 Å². The third kappa shape index (κ3) is 1.01. The van der Waals surface area contributed by atoms with Crippen LogP contribution in [0.25, 0.3) is 0 Å². The molecule has 0 spiro atoms. The van der Waals surface area contributed by atoms with Gasteiger partial charge in [0.1, 0.15) is 0 Å². The minimum atomic E-state index is 1.06. The van der Waals surface area contributed by atoms with E-state index in [9.17, 15) is 0 Å². The molecule has 1 aliphatic heterocycles. The quantitative estimate of drug-likeness (QED) is 0.570. The van der Waals surface area contributed by atoms with Gasteiger partial charge in [0.25, 0.3) is 0 Å². The summed E-state index contributed by atoms with van der Waals surface area (Å²) in [5.41, 5.74) is 1.24. The molecule has 4 heteroatoms. The van der Waals surface area contributed by atoms with Crippen LogP contribution in [0.1, 0.15) is 0 Å². The zero-order valence-electron chi connectivity index (χ0n) is 5.18. The van der Waals surface area contributed by atoms with Gasteiger partial charge in [-0.2, -0.15) is 0 Å². The molecule has 0 unspecified atom stereocenters. The van der Waals surface area contributed by atoms with Crippen LogP contribution in [0, 0.1) is 0 Å². The lowest BCUT2D eigenvalue weighted by molar-refractivity contribution is 1.21. The maximum Gasteiger partial charge on any atom is 0.0935 e. The Labute approximate surface area is 62.5 Å². The van der Waals surface area contributed by atoms with Gasteiger partial charge in [-0.15, -0.1) is 0 Å². The molecule has 0 saturated heterocycles. The molecule has 1 aromatic heterocycles. The Bertz CT molecular complexity index is 274. The maximum atomic E-state index is 4.07. The van der Waals surface area contributed by atoms with Crippen LogP contribution in [0.15, 0.2) is 30.2 Å². The SMILES string of the molecule is C1=CC(n2ccpc2)=P[N]1. The van der Waals surface area contributed by atoms with E-state index in [0.29, 0.717) is 0 Å². The molecule has 0 aromatic carbocycles. The Morgan fingerprint density at radius 3 is 3.10 bits per heavy atom. The Morgan fingerprint density at radius 2 is 2.50 bits per heavy atom. The summed E-state index contributed by atoms with van der Waals surface area (Å²) in [7, 11) is 2.32. The highest BCUT2D eigenvalue weighted by Crippen LogP contribution is 2.11. The Hall–Kier alpha value is -0.580. The monoisotopic (exact) mass is 167 g/mol. The van der Waals surface area contributed by atoms with Crippen molar-refractivity contribution in [1.82, 2.24) is 9.65 Å². The Morgan fingerprint density at radius 1 is 1.50 bits per heavy atom. The molecule has 10 heavy (non-hydrogen) atoms. The highest BCUT2D eigenvalue weighted by atomic mass is 31.1. The fourth-order valence-corrected chi connectivity index (χ4v) is 2.10. The first-order valence-corrected chi connectivity index (χ1v) is 4.77. The predicted octanol–water partition coefficient (Wildman–Crippen LogP) is 2.04. The molecule has 0 saturated carbocycles. The first-order chi connectivity index (χ1) is 4.97. The van der Waals surface area contributed by atoms with E-state index in [2.05, 4.69) is 27.6 Å². The maximum absolute atomic E-state index is 4.07. The number of rotatable bonds is 1. The van der Waals surface area contributed by atoms with Gasteiger partial charge in [0.15, 0.2) is 0 Å². The molecule has 0 amide bonds. The number of aromatic nitrogens is 1. The molecule has 0 atom stereocenters. The zero-order chi connectivity index (χ0) is 6.81. The van der Waals surface area contributed by atoms with Crippen LogP contribution in [0.3, 0.4) is 0 Å². The summed E-state index contributed by atoms with van der Waals surface area (Å²) in [6.45, 7) is 0. The average Bonchev–Trinajstić information content (AvgIpc) is 2.59. The first-order valence-electron chi connectivity index (χ1n) is 2.89. The van der Waals surface area contributed by atoms with Crippen molar-refractivity contribution in [2.45, 2.75) is 0 Å². The van der Waals surface area contributed by atoms with Gasteiger partial charge >= 0.3 is 0 Å². The van der Waals surface area contributed by atoms with Crippen molar-refractivity contribution in [3.8, 4) is 0 Å². The molecular formula is C6H5N2P2. The highest BCUT2D eigenvalue weighted by molar-refractivity contribution is 7.39. The minimum Gasteiger partial charge on any atom is -0.314 e. The molecule has 0 bridgehead atoms. The minimum absolute atomic E-state index is 1.06. The molecule has 1 aromatic rings. The molecule has 2 heterocycles. The van der Waals surface area contributed by atoms with Crippen molar-refractivity contribution in [3.05, 3.63) is 30.2 Å². The number of nitrogens with zero attached hydrogens (tertiary/aromatic N) is 2. The summed E-state index contributed by atoms with van der Waals surface area (Å²) in [6.07, 6.45) is 5.94. The van der Waals surface area contributed by atoms with Gasteiger partial charge in [-0.1, -0.05) is 8.19 Å². The van der Waals surface area contributed by atoms with Crippen molar-refractivity contribution in [2.75, 3.05) is 0 Å². The van der Waals surface area contributed by atoms with Crippen LogP contribution in [0.5, 0.6) is 0 Å². The lowest BCUT2D eigenvalue weighted by Crippen LogP contribution is -1.99. The second-order valence-electron chi connectivity index (χ2n) is 1.86. The van der Waals surface area contributed by atoms with Gasteiger partial charge in [-0.25, -0.2) is 5.09 Å². The summed E-state index contributed by atoms with van der Waals surface area (Å²) < 4.78 is 2.11. The van der Waals surface area contributed by atoms with Crippen molar-refractivity contribution < 1.29 is 0 Å². The average molecular weight is 167 g/mol. The van der Waals surface area contributed by atoms with Crippen molar-refractivity contribution in [3.63, 3.8) is 0 Å². The van der Waals surface area contributed by atoms with Crippen LogP contribution in [-0.4, -0.2) is 9.98 Å². The third-order valence-corrected chi connectivity index (χ3v) is 2.74. The van der Waals surface area contributed by atoms with Crippen LogP contribution < -0.4 is 5.09 Å². The smallest absolute Gasteiger partial charge is 0.0935 e. The van der Waals surface area contributed by atoms with Gasteiger partial charge in [0.2, 0.25) is 0 Å². The van der Waals surface area contributed by atoms with Gasteiger partial charge in [0, 0.05) is 18.3 Å². The summed E-state index contributed by atoms with van der Waals surface area (Å²) in [5, 5.41) is 4.07. The van der Waals surface area contributed by atoms with Crippen molar-refractivity contribution in [2.24, 2.45) is 0 Å². The van der Waals surface area contributed by atoms with E-state index in [1.165, 1.54) is 13.6 Å². The first kappa shape index (κ1) is 6.15. The Kier molecular flexibility index (Phi) is 1.58. The largest absolute Gasteiger partial charge is 0.314 e. The number of hydrogen-bond acceptors (Lipinski definition) is 0. The lowest BCUT2D eigenvalue weighted by atomic mass is 10.6. The standard InChI is InChI=1S/C6H5N2P2/c1-2-7-10-6(1)8-3-4-9-5-8/h1-5H. The highest BCUT2D eigenvalue weighted by Gasteiger charge is 1.99. The molecular weight excluding hydrogens is 162 g/mol. The van der Waals surface area contributed by atoms with Gasteiger partial charge < -0.3 is 4.57 Å². The fraction of sp³-hybridized carbons (Fsp3) is 0. The predicted molar refractivity (Wildman–Crippen MR) is 45.5 cm³/mol. The van der Waals surface area contributed by atoms with Crippen LogP contribution in [-0.2, 0) is 0 Å². The summed E-state index contributed by atoms with van der Waals surface area (Å²) >= 11 is 0. The lowest BCUT2D eigenvalue weighted by Gasteiger charge is -1.94. The van der Waals surface area contributed by atoms with Gasteiger partial charge in [-0.3, -0.25) is 0 Å². The van der Waals surface area contributed by atoms with E-state index in [1.807, 2.05) is 12.3 Å². The van der Waals surface area contributed by atoms with Crippen LogP contribution in [0.4, 0.5) is 0 Å². The molecule has 2 nitrogen and oxygen atoms in total. The van der Waals surface area contributed by atoms with Crippen LogP contribution in [0.2, 0.25) is 0 Å². The Balaban J connectivity index is 2.36. The van der Waals surface area contributed by atoms with Gasteiger partial charge in [-0.05, 0) is 11.9 Å². The van der Waals surface area contributed by atoms with E-state index in [0.717, 1.165) is 8.35 Å². The topological polar surface area (TPSA) is 19.0 Å². The molecule has 1 radical (unpaired) electrons. The van der Waals surface area contributed by atoms with Gasteiger partial charge in [0.05, 0.1) is 13.8 Å². The fourth-order valence-electron chi connectivity index (χ4n) is 0.758. The summed E-state index contributed by atoms with van der Waals surface area (Å²) in [6, 6.07) is 0. The molecule has 1 aliphatic rings. The summed E-state index contributed by atoms with van der Waals surface area (Å²) in [4.78, 5) is 0. The number of hydrogen-bond donors (Lipinski definition) is 0. The molecule has 0 aliphatic carbocycles. The van der Waals surface area contributed by atoms with Crippen LogP contribution >= 0.6 is 16.5 Å². The molecule has 2 rings (SSSR count). The van der Waals surface area contributed by atoms with E-state index >= 15 is 0 Å². The van der Waals surface area contributed by atoms with Crippen molar-refractivity contribution in [1.29, 1.82) is 0 Å². The molecule has 49 valence electrons. The normalized spacial score (nSPS) is 17.4. The second-order valence-corrected chi connectivity index (χ2v) is 3.58. The second kappa shape index (κ2) is 2.57. The zero-order valence-corrected chi connectivity index (χ0v) is 6.96. The summed E-state index contributed by atoms with van der Waals surface area (Å²) in [5.74, 6) is 4.22.